The lowest BCUT2D eigenvalue weighted by atomic mass is 9.89. The molecule has 2 saturated heterocycles. The Morgan fingerprint density at radius 1 is 1.10 bits per heavy atom. The van der Waals surface area contributed by atoms with E-state index in [0.717, 1.165) is 5.56 Å². The average molecular weight is 404 g/mol. The van der Waals surface area contributed by atoms with Gasteiger partial charge in [-0.3, -0.25) is 9.69 Å². The Bertz CT molecular complexity index is 936. The molecule has 2 fully saturated rings. The minimum atomic E-state index is -0.982. The van der Waals surface area contributed by atoms with Crippen molar-refractivity contribution in [3.8, 4) is 5.75 Å². The Kier molecular flexibility index (Phi) is 5.25. The molecule has 2 aliphatic rings. The summed E-state index contributed by atoms with van der Waals surface area (Å²) >= 11 is 0. The normalized spacial score (nSPS) is 24.0. The molecule has 2 heterocycles. The van der Waals surface area contributed by atoms with E-state index in [1.807, 2.05) is 6.07 Å². The van der Waals surface area contributed by atoms with E-state index in [0.29, 0.717) is 19.6 Å². The molecule has 29 heavy (non-hydrogen) atoms. The fourth-order valence-electron chi connectivity index (χ4n) is 4.80. The van der Waals surface area contributed by atoms with Crippen LogP contribution in [0.1, 0.15) is 24.1 Å². The van der Waals surface area contributed by atoms with E-state index in [1.165, 1.54) is 38.3 Å². The van der Waals surface area contributed by atoms with E-state index in [2.05, 4.69) is 4.90 Å². The maximum Gasteiger partial charge on any atom is 0.219 e. The van der Waals surface area contributed by atoms with Gasteiger partial charge in [0.25, 0.3) is 0 Å². The first-order valence-corrected chi connectivity index (χ1v) is 9.65. The monoisotopic (exact) mass is 404 g/mol. The Morgan fingerprint density at radius 2 is 1.90 bits per heavy atom. The van der Waals surface area contributed by atoms with E-state index in [4.69, 9.17) is 4.74 Å². The van der Waals surface area contributed by atoms with E-state index in [9.17, 15) is 18.0 Å². The lowest BCUT2D eigenvalue weighted by Crippen LogP contribution is -2.34. The van der Waals surface area contributed by atoms with E-state index in [-0.39, 0.29) is 47.5 Å². The molecule has 0 bridgehead atoms. The van der Waals surface area contributed by atoms with E-state index >= 15 is 0 Å². The molecule has 0 aliphatic carbocycles. The first-order chi connectivity index (χ1) is 13.9. The van der Waals surface area contributed by atoms with Gasteiger partial charge in [0, 0.05) is 44.6 Å². The number of methoxy groups -OCH3 is 1. The quantitative estimate of drug-likeness (QED) is 0.778. The zero-order valence-corrected chi connectivity index (χ0v) is 16.4. The third kappa shape index (κ3) is 3.59. The first-order valence-electron chi connectivity index (χ1n) is 9.65. The summed E-state index contributed by atoms with van der Waals surface area (Å²) in [5.74, 6) is -2.04. The van der Waals surface area contributed by atoms with Crippen molar-refractivity contribution in [2.45, 2.75) is 19.5 Å². The minimum absolute atomic E-state index is 0.0384. The summed E-state index contributed by atoms with van der Waals surface area (Å²) in [7, 11) is 1.30. The van der Waals surface area contributed by atoms with E-state index in [1.54, 1.807) is 11.0 Å². The van der Waals surface area contributed by atoms with Crippen LogP contribution in [0.3, 0.4) is 0 Å². The SMILES string of the molecule is COc1ccc(CN2C[C@@H]3CN(C(C)=O)[C@H](c4cccc(F)c4)[C@@H]3C2)c(F)c1F. The molecule has 3 atom stereocenters. The highest BCUT2D eigenvalue weighted by Gasteiger charge is 2.48. The van der Waals surface area contributed by atoms with Crippen LogP contribution in [0.5, 0.6) is 5.75 Å². The highest BCUT2D eigenvalue weighted by Crippen LogP contribution is 2.45. The number of ether oxygens (including phenoxy) is 1. The Balaban J connectivity index is 1.55. The van der Waals surface area contributed by atoms with Gasteiger partial charge in [0.1, 0.15) is 5.82 Å². The molecule has 0 aromatic heterocycles. The molecule has 1 amide bonds. The molecule has 2 aromatic carbocycles. The van der Waals surface area contributed by atoms with Crippen LogP contribution in [0.25, 0.3) is 0 Å². The van der Waals surface area contributed by atoms with Crippen molar-refractivity contribution in [3.63, 3.8) is 0 Å². The molecular weight excluding hydrogens is 381 g/mol. The second-order valence-electron chi connectivity index (χ2n) is 7.84. The van der Waals surface area contributed by atoms with Gasteiger partial charge in [-0.05, 0) is 29.7 Å². The smallest absolute Gasteiger partial charge is 0.219 e. The highest BCUT2D eigenvalue weighted by molar-refractivity contribution is 5.74. The molecule has 0 saturated carbocycles. The van der Waals surface area contributed by atoms with Crippen molar-refractivity contribution in [3.05, 3.63) is 65.0 Å². The van der Waals surface area contributed by atoms with Crippen LogP contribution in [0.15, 0.2) is 36.4 Å². The van der Waals surface area contributed by atoms with Crippen LogP contribution in [0, 0.1) is 29.3 Å². The number of amides is 1. The summed E-state index contributed by atoms with van der Waals surface area (Å²) in [4.78, 5) is 16.0. The van der Waals surface area contributed by atoms with Crippen LogP contribution < -0.4 is 4.74 Å². The van der Waals surface area contributed by atoms with Crippen molar-refractivity contribution in [1.82, 2.24) is 9.80 Å². The van der Waals surface area contributed by atoms with Crippen molar-refractivity contribution in [2.24, 2.45) is 11.8 Å². The molecule has 0 spiro atoms. The van der Waals surface area contributed by atoms with Crippen LogP contribution >= 0.6 is 0 Å². The number of hydrogen-bond acceptors (Lipinski definition) is 3. The van der Waals surface area contributed by atoms with E-state index < -0.39 is 11.6 Å². The van der Waals surface area contributed by atoms with Crippen molar-refractivity contribution in [2.75, 3.05) is 26.7 Å². The zero-order valence-electron chi connectivity index (χ0n) is 16.4. The fraction of sp³-hybridized carbons (Fsp3) is 0.409. The predicted molar refractivity (Wildman–Crippen MR) is 102 cm³/mol. The van der Waals surface area contributed by atoms with Crippen LogP contribution in [0.4, 0.5) is 13.2 Å². The first kappa shape index (κ1) is 19.8. The molecule has 0 unspecified atom stereocenters. The van der Waals surface area contributed by atoms with Gasteiger partial charge >= 0.3 is 0 Å². The maximum atomic E-state index is 14.4. The van der Waals surface area contributed by atoms with Crippen molar-refractivity contribution >= 4 is 5.91 Å². The number of rotatable bonds is 4. The number of fused-ring (bicyclic) bond motifs is 1. The molecule has 0 radical (unpaired) electrons. The van der Waals surface area contributed by atoms with Gasteiger partial charge < -0.3 is 9.64 Å². The number of benzene rings is 2. The number of nitrogens with zero attached hydrogens (tertiary/aromatic N) is 2. The average Bonchev–Trinajstić information content (AvgIpc) is 3.23. The summed E-state index contributed by atoms with van der Waals surface area (Å²) in [5, 5.41) is 0. The molecule has 0 N–H and O–H groups in total. The van der Waals surface area contributed by atoms with Gasteiger partial charge in [0.05, 0.1) is 13.2 Å². The number of carbonyl (C=O) groups is 1. The number of likely N-dealkylation sites (tertiary alicyclic amines) is 2. The maximum absolute atomic E-state index is 14.4. The van der Waals surface area contributed by atoms with Gasteiger partial charge in [-0.2, -0.15) is 4.39 Å². The molecule has 154 valence electrons. The summed E-state index contributed by atoms with van der Waals surface area (Å²) in [6.07, 6.45) is 0. The largest absolute Gasteiger partial charge is 0.494 e. The van der Waals surface area contributed by atoms with Crippen LogP contribution in [-0.4, -0.2) is 42.5 Å². The number of halogens is 3. The van der Waals surface area contributed by atoms with Gasteiger partial charge in [-0.15, -0.1) is 0 Å². The van der Waals surface area contributed by atoms with Gasteiger partial charge in [-0.1, -0.05) is 18.2 Å². The molecule has 2 aliphatic heterocycles. The van der Waals surface area contributed by atoms with Gasteiger partial charge in [0.15, 0.2) is 11.6 Å². The highest BCUT2D eigenvalue weighted by atomic mass is 19.2. The summed E-state index contributed by atoms with van der Waals surface area (Å²) in [6.45, 7) is 3.68. The zero-order chi connectivity index (χ0) is 20.7. The van der Waals surface area contributed by atoms with Crippen molar-refractivity contribution in [1.29, 1.82) is 0 Å². The molecule has 4 rings (SSSR count). The third-order valence-corrected chi connectivity index (χ3v) is 6.08. The third-order valence-electron chi connectivity index (χ3n) is 6.08. The summed E-state index contributed by atoms with van der Waals surface area (Å²) in [6, 6.07) is 9.11. The molecule has 4 nitrogen and oxygen atoms in total. The van der Waals surface area contributed by atoms with Crippen LogP contribution in [0.2, 0.25) is 0 Å². The standard InChI is InChI=1S/C22H23F3N2O2/c1-13(28)27-11-16-10-26(9-15-6-7-19(29-2)21(25)20(15)24)12-18(16)22(27)14-4-3-5-17(23)8-14/h3-8,16,18,22H,9-12H2,1-2H3/t16-,18-,22-/m1/s1. The minimum Gasteiger partial charge on any atom is -0.494 e. The Labute approximate surface area is 167 Å². The van der Waals surface area contributed by atoms with Crippen LogP contribution in [-0.2, 0) is 11.3 Å². The second-order valence-corrected chi connectivity index (χ2v) is 7.84. The second kappa shape index (κ2) is 7.71. The number of carbonyl (C=O) groups excluding carboxylic acids is 1. The summed E-state index contributed by atoms with van der Waals surface area (Å²) in [5.41, 5.74) is 1.05. The Hall–Kier alpha value is -2.54. The lowest BCUT2D eigenvalue weighted by Gasteiger charge is -2.29. The van der Waals surface area contributed by atoms with Gasteiger partial charge in [0.2, 0.25) is 11.7 Å². The molecule has 2 aromatic rings. The fourth-order valence-corrected chi connectivity index (χ4v) is 4.80. The topological polar surface area (TPSA) is 32.8 Å². The summed E-state index contributed by atoms with van der Waals surface area (Å²) < 4.78 is 47.0. The Morgan fingerprint density at radius 3 is 2.59 bits per heavy atom. The molecule has 7 heteroatoms. The number of hydrogen-bond donors (Lipinski definition) is 0. The van der Waals surface area contributed by atoms with Gasteiger partial charge in [-0.25, -0.2) is 8.78 Å². The predicted octanol–water partition coefficient (Wildman–Crippen LogP) is 3.76. The van der Waals surface area contributed by atoms with Crippen molar-refractivity contribution < 1.29 is 22.7 Å². The lowest BCUT2D eigenvalue weighted by molar-refractivity contribution is -0.130. The molecular formula is C22H23F3N2O2.